The summed E-state index contributed by atoms with van der Waals surface area (Å²) in [6.07, 6.45) is 0. The van der Waals surface area contributed by atoms with Crippen molar-refractivity contribution in [2.24, 2.45) is 0 Å². The SMILES string of the molecule is COc1ccc([C@@H](C)NC(=O)COc2ccc(N(C)S(=O)(=O)c3ccc(C)cc3)cc2)cc1OC. The van der Waals surface area contributed by atoms with Crippen molar-refractivity contribution in [3.05, 3.63) is 77.9 Å². The first-order valence-corrected chi connectivity index (χ1v) is 12.4. The van der Waals surface area contributed by atoms with Crippen molar-refractivity contribution >= 4 is 21.6 Å². The van der Waals surface area contributed by atoms with Gasteiger partial charge < -0.3 is 19.5 Å². The predicted octanol–water partition coefficient (Wildman–Crippen LogP) is 4.09. The molecule has 0 bridgehead atoms. The molecular weight excluding hydrogens is 468 g/mol. The molecule has 35 heavy (non-hydrogen) atoms. The Balaban J connectivity index is 1.58. The van der Waals surface area contributed by atoms with Crippen molar-refractivity contribution in [3.8, 4) is 17.2 Å². The topological polar surface area (TPSA) is 94.2 Å². The van der Waals surface area contributed by atoms with Gasteiger partial charge in [-0.05, 0) is 67.9 Å². The molecule has 3 rings (SSSR count). The molecule has 3 aromatic rings. The summed E-state index contributed by atoms with van der Waals surface area (Å²) in [7, 11) is 0.927. The second-order valence-electron chi connectivity index (χ2n) is 7.97. The zero-order valence-corrected chi connectivity index (χ0v) is 21.3. The third-order valence-corrected chi connectivity index (χ3v) is 7.33. The highest BCUT2D eigenvalue weighted by Crippen LogP contribution is 2.30. The van der Waals surface area contributed by atoms with Crippen molar-refractivity contribution in [1.29, 1.82) is 0 Å². The number of hydrogen-bond acceptors (Lipinski definition) is 6. The highest BCUT2D eigenvalue weighted by Gasteiger charge is 2.21. The molecule has 1 atom stereocenters. The van der Waals surface area contributed by atoms with Crippen LogP contribution >= 0.6 is 0 Å². The van der Waals surface area contributed by atoms with Crippen LogP contribution in [0.2, 0.25) is 0 Å². The van der Waals surface area contributed by atoms with E-state index in [1.807, 2.05) is 26.0 Å². The van der Waals surface area contributed by atoms with Gasteiger partial charge in [0.15, 0.2) is 18.1 Å². The van der Waals surface area contributed by atoms with Crippen LogP contribution in [0, 0.1) is 6.92 Å². The van der Waals surface area contributed by atoms with Gasteiger partial charge in [0.25, 0.3) is 15.9 Å². The molecule has 0 aliphatic carbocycles. The van der Waals surface area contributed by atoms with E-state index in [-0.39, 0.29) is 23.5 Å². The van der Waals surface area contributed by atoms with Gasteiger partial charge >= 0.3 is 0 Å². The Kier molecular flexibility index (Phi) is 8.24. The first kappa shape index (κ1) is 25.9. The number of carbonyl (C=O) groups is 1. The van der Waals surface area contributed by atoms with Gasteiger partial charge in [-0.2, -0.15) is 0 Å². The van der Waals surface area contributed by atoms with Crippen molar-refractivity contribution in [2.45, 2.75) is 24.8 Å². The monoisotopic (exact) mass is 498 g/mol. The normalized spacial score (nSPS) is 11.9. The van der Waals surface area contributed by atoms with E-state index in [4.69, 9.17) is 14.2 Å². The number of amides is 1. The Bertz CT molecular complexity index is 1260. The molecule has 0 aromatic heterocycles. The molecule has 0 aliphatic heterocycles. The quantitative estimate of drug-likeness (QED) is 0.452. The molecular formula is C26H30N2O6S. The van der Waals surface area contributed by atoms with E-state index in [1.165, 1.54) is 11.4 Å². The molecule has 0 saturated carbocycles. The Labute approximate surface area is 206 Å². The number of anilines is 1. The van der Waals surface area contributed by atoms with E-state index in [0.717, 1.165) is 11.1 Å². The maximum Gasteiger partial charge on any atom is 0.264 e. The number of sulfonamides is 1. The molecule has 0 fully saturated rings. The van der Waals surface area contributed by atoms with Crippen molar-refractivity contribution < 1.29 is 27.4 Å². The summed E-state index contributed by atoms with van der Waals surface area (Å²) in [5.41, 5.74) is 2.32. The molecule has 0 unspecified atom stereocenters. The molecule has 0 radical (unpaired) electrons. The Morgan fingerprint density at radius 3 is 2.17 bits per heavy atom. The fraction of sp³-hybridized carbons (Fsp3) is 0.269. The lowest BCUT2D eigenvalue weighted by Crippen LogP contribution is -2.31. The average Bonchev–Trinajstić information content (AvgIpc) is 2.87. The van der Waals surface area contributed by atoms with E-state index in [0.29, 0.717) is 22.9 Å². The van der Waals surface area contributed by atoms with Gasteiger partial charge in [-0.15, -0.1) is 0 Å². The Hall–Kier alpha value is -3.72. The van der Waals surface area contributed by atoms with Crippen LogP contribution in [0.25, 0.3) is 0 Å². The summed E-state index contributed by atoms with van der Waals surface area (Å²) >= 11 is 0. The van der Waals surface area contributed by atoms with Gasteiger partial charge in [0, 0.05) is 7.05 Å². The summed E-state index contributed by atoms with van der Waals surface area (Å²) in [4.78, 5) is 12.6. The van der Waals surface area contributed by atoms with Crippen molar-refractivity contribution in [2.75, 3.05) is 32.2 Å². The molecule has 1 amide bonds. The number of aryl methyl sites for hydroxylation is 1. The van der Waals surface area contributed by atoms with Crippen LogP contribution in [-0.4, -0.2) is 42.2 Å². The number of nitrogens with one attached hydrogen (secondary N) is 1. The summed E-state index contributed by atoms with van der Waals surface area (Å²) in [6.45, 7) is 3.57. The molecule has 0 heterocycles. The number of rotatable bonds is 10. The summed E-state index contributed by atoms with van der Waals surface area (Å²) in [6, 6.07) is 18.4. The molecule has 9 heteroatoms. The Morgan fingerprint density at radius 2 is 1.57 bits per heavy atom. The van der Waals surface area contributed by atoms with Crippen LogP contribution in [0.1, 0.15) is 24.1 Å². The summed E-state index contributed by atoms with van der Waals surface area (Å²) < 4.78 is 43.1. The predicted molar refractivity (Wildman–Crippen MR) is 135 cm³/mol. The highest BCUT2D eigenvalue weighted by atomic mass is 32.2. The first-order valence-electron chi connectivity index (χ1n) is 11.0. The van der Waals surface area contributed by atoms with Crippen LogP contribution < -0.4 is 23.8 Å². The summed E-state index contributed by atoms with van der Waals surface area (Å²) in [5, 5.41) is 2.88. The standard InChI is InChI=1S/C26H30N2O6S/c1-18-6-13-23(14-7-18)35(30,31)28(3)21-9-11-22(12-10-21)34-17-26(29)27-19(2)20-8-15-24(32-4)25(16-20)33-5/h6-16,19H,17H2,1-5H3,(H,27,29)/t19-/m1/s1. The largest absolute Gasteiger partial charge is 0.493 e. The number of nitrogens with zero attached hydrogens (tertiary/aromatic N) is 1. The molecule has 1 N–H and O–H groups in total. The molecule has 0 aliphatic rings. The van der Waals surface area contributed by atoms with Gasteiger partial charge in [0.05, 0.1) is 30.8 Å². The summed E-state index contributed by atoms with van der Waals surface area (Å²) in [5.74, 6) is 1.34. The third kappa shape index (κ3) is 6.24. The fourth-order valence-corrected chi connectivity index (χ4v) is 4.59. The van der Waals surface area contributed by atoms with Crippen LogP contribution in [0.4, 0.5) is 5.69 Å². The number of methoxy groups -OCH3 is 2. The zero-order valence-electron chi connectivity index (χ0n) is 20.4. The molecule has 186 valence electrons. The molecule has 0 saturated heterocycles. The molecule has 3 aromatic carbocycles. The minimum absolute atomic E-state index is 0.186. The lowest BCUT2D eigenvalue weighted by atomic mass is 10.1. The van der Waals surface area contributed by atoms with Gasteiger partial charge in [0.2, 0.25) is 0 Å². The van der Waals surface area contributed by atoms with E-state index in [9.17, 15) is 13.2 Å². The van der Waals surface area contributed by atoms with Crippen molar-refractivity contribution in [1.82, 2.24) is 5.32 Å². The zero-order chi connectivity index (χ0) is 25.6. The van der Waals surface area contributed by atoms with Crippen LogP contribution in [0.5, 0.6) is 17.2 Å². The fourth-order valence-electron chi connectivity index (χ4n) is 3.40. The van der Waals surface area contributed by atoms with Gasteiger partial charge in [-0.25, -0.2) is 8.42 Å². The lowest BCUT2D eigenvalue weighted by Gasteiger charge is -2.20. The number of carbonyl (C=O) groups excluding carboxylic acids is 1. The van der Waals surface area contributed by atoms with Gasteiger partial charge in [0.1, 0.15) is 5.75 Å². The van der Waals surface area contributed by atoms with E-state index in [2.05, 4.69) is 5.32 Å². The molecule has 8 nitrogen and oxygen atoms in total. The smallest absolute Gasteiger partial charge is 0.264 e. The van der Waals surface area contributed by atoms with E-state index >= 15 is 0 Å². The number of ether oxygens (including phenoxy) is 3. The van der Waals surface area contributed by atoms with Crippen LogP contribution in [0.15, 0.2) is 71.6 Å². The maximum absolute atomic E-state index is 12.9. The van der Waals surface area contributed by atoms with E-state index < -0.39 is 10.0 Å². The highest BCUT2D eigenvalue weighted by molar-refractivity contribution is 7.92. The van der Waals surface area contributed by atoms with Gasteiger partial charge in [-0.1, -0.05) is 23.8 Å². The minimum atomic E-state index is -3.69. The second-order valence-corrected chi connectivity index (χ2v) is 9.94. The third-order valence-electron chi connectivity index (χ3n) is 5.53. The molecule has 0 spiro atoms. The average molecular weight is 499 g/mol. The Morgan fingerprint density at radius 1 is 0.943 bits per heavy atom. The van der Waals surface area contributed by atoms with Crippen LogP contribution in [-0.2, 0) is 14.8 Å². The number of benzene rings is 3. The number of hydrogen-bond donors (Lipinski definition) is 1. The van der Waals surface area contributed by atoms with Gasteiger partial charge in [-0.3, -0.25) is 9.10 Å². The lowest BCUT2D eigenvalue weighted by molar-refractivity contribution is -0.123. The van der Waals surface area contributed by atoms with E-state index in [1.54, 1.807) is 68.8 Å². The van der Waals surface area contributed by atoms with Crippen molar-refractivity contribution in [3.63, 3.8) is 0 Å². The first-order chi connectivity index (χ1) is 16.6. The minimum Gasteiger partial charge on any atom is -0.493 e. The maximum atomic E-state index is 12.9. The van der Waals surface area contributed by atoms with Crippen LogP contribution in [0.3, 0.4) is 0 Å². The second kappa shape index (κ2) is 11.1.